The van der Waals surface area contributed by atoms with E-state index in [1.807, 2.05) is 69.2 Å². The zero-order chi connectivity index (χ0) is 34.6. The van der Waals surface area contributed by atoms with Gasteiger partial charge in [0.25, 0.3) is 0 Å². The van der Waals surface area contributed by atoms with Crippen LogP contribution in [0.2, 0.25) is 0 Å². The lowest BCUT2D eigenvalue weighted by Gasteiger charge is -2.09. The summed E-state index contributed by atoms with van der Waals surface area (Å²) in [4.78, 5) is 0. The Bertz CT molecular complexity index is 1720. The first-order valence-corrected chi connectivity index (χ1v) is 17.6. The third-order valence-corrected chi connectivity index (χ3v) is 7.12. The van der Waals surface area contributed by atoms with Gasteiger partial charge in [0.2, 0.25) is 0 Å². The van der Waals surface area contributed by atoms with Crippen LogP contribution in [0.3, 0.4) is 0 Å². The van der Waals surface area contributed by atoms with Gasteiger partial charge >= 0.3 is 0 Å². The van der Waals surface area contributed by atoms with Crippen molar-refractivity contribution in [3.63, 3.8) is 0 Å². The highest BCUT2D eigenvalue weighted by Crippen LogP contribution is 2.30. The molecule has 0 fully saturated rings. The van der Waals surface area contributed by atoms with Gasteiger partial charge < -0.3 is 9.13 Å². The van der Waals surface area contributed by atoms with Crippen molar-refractivity contribution in [3.05, 3.63) is 132 Å². The number of aryl methyl sites for hydroxylation is 3. The predicted octanol–water partition coefficient (Wildman–Crippen LogP) is 13.9. The van der Waals surface area contributed by atoms with E-state index in [0.717, 1.165) is 6.54 Å². The van der Waals surface area contributed by atoms with Crippen LogP contribution in [0.5, 0.6) is 0 Å². The van der Waals surface area contributed by atoms with Gasteiger partial charge in [0.15, 0.2) is 0 Å². The second-order valence-electron chi connectivity index (χ2n) is 9.71. The highest BCUT2D eigenvalue weighted by Gasteiger charge is 2.10. The summed E-state index contributed by atoms with van der Waals surface area (Å²) in [5.74, 6) is 0. The zero-order valence-corrected chi connectivity index (χ0v) is 31.1. The zero-order valence-electron chi connectivity index (χ0n) is 31.1. The summed E-state index contributed by atoms with van der Waals surface area (Å²) in [5, 5.41) is 5.35. The van der Waals surface area contributed by atoms with E-state index >= 15 is 0 Å². The number of hydrogen-bond donors (Lipinski definition) is 0. The molecule has 0 aliphatic rings. The predicted molar refractivity (Wildman–Crippen MR) is 212 cm³/mol. The molecule has 0 saturated heterocycles. The summed E-state index contributed by atoms with van der Waals surface area (Å²) in [7, 11) is 2.12. The minimum Gasteiger partial charge on any atom is -0.344 e. The molecule has 246 valence electrons. The van der Waals surface area contributed by atoms with Crippen molar-refractivity contribution >= 4 is 43.6 Å². The van der Waals surface area contributed by atoms with Crippen LogP contribution in [0, 0.1) is 13.8 Å². The molecule has 0 unspecified atom stereocenters. The first kappa shape index (κ1) is 39.7. The Hall–Kier alpha value is -4.30. The lowest BCUT2D eigenvalue weighted by molar-refractivity contribution is 0.866. The number of fused-ring (bicyclic) bond motifs is 6. The maximum atomic E-state index is 2.43. The molecule has 46 heavy (non-hydrogen) atoms. The molecular formula is C44H60N2. The van der Waals surface area contributed by atoms with Gasteiger partial charge in [-0.15, -0.1) is 0 Å². The van der Waals surface area contributed by atoms with Crippen molar-refractivity contribution in [1.82, 2.24) is 9.13 Å². The van der Waals surface area contributed by atoms with Crippen LogP contribution in [0.4, 0.5) is 0 Å². The number of para-hydroxylation sites is 4. The number of benzene rings is 5. The number of aromatic nitrogens is 2. The fraction of sp³-hybridized carbons (Fsp3) is 0.318. The van der Waals surface area contributed by atoms with Crippen LogP contribution >= 0.6 is 0 Å². The quantitative estimate of drug-likeness (QED) is 0.183. The van der Waals surface area contributed by atoms with Crippen LogP contribution in [0.25, 0.3) is 43.6 Å². The molecule has 7 aromatic rings. The standard InChI is InChI=1S/C21H19N.C13H11N.5C2H6/c1-15-11-16(2)13-17(12-15)14-22-20-9-5-3-7-18(20)19-8-4-6-10-21(19)22;1-14-12-8-4-2-6-10(12)11-7-3-5-9-13(11)14;5*1-2/h3-13H,14H2,1-2H3;2-9H,1H3;5*1-2H3. The number of hydrogen-bond acceptors (Lipinski definition) is 0. The summed E-state index contributed by atoms with van der Waals surface area (Å²) in [5.41, 5.74) is 9.24. The molecule has 0 amide bonds. The summed E-state index contributed by atoms with van der Waals surface area (Å²) in [6.07, 6.45) is 0. The van der Waals surface area contributed by atoms with E-state index in [9.17, 15) is 0 Å². The molecule has 0 saturated carbocycles. The highest BCUT2D eigenvalue weighted by atomic mass is 15.0. The topological polar surface area (TPSA) is 9.86 Å². The van der Waals surface area contributed by atoms with E-state index in [1.54, 1.807) is 0 Å². The monoisotopic (exact) mass is 616 g/mol. The molecular weight excluding hydrogens is 556 g/mol. The Balaban J connectivity index is 0.000000381. The molecule has 0 radical (unpaired) electrons. The van der Waals surface area contributed by atoms with Crippen molar-refractivity contribution in [3.8, 4) is 0 Å². The second kappa shape index (κ2) is 21.4. The molecule has 0 aliphatic heterocycles. The SMILES string of the molecule is CC.CC.CC.CC.CC.Cc1cc(C)cc(Cn2c3ccccc3c3ccccc32)c1.Cn1c2ccccc2c2ccccc21. The summed E-state index contributed by atoms with van der Waals surface area (Å²) in [6, 6.07) is 41.2. The molecule has 7 rings (SSSR count). The largest absolute Gasteiger partial charge is 0.344 e. The van der Waals surface area contributed by atoms with E-state index in [0.29, 0.717) is 0 Å². The fourth-order valence-electron chi connectivity index (χ4n) is 5.63. The normalized spacial score (nSPS) is 9.50. The lowest BCUT2D eigenvalue weighted by Crippen LogP contribution is -2.00. The average molecular weight is 617 g/mol. The van der Waals surface area contributed by atoms with E-state index in [1.165, 1.54) is 60.3 Å². The summed E-state index contributed by atoms with van der Waals surface area (Å²) < 4.78 is 4.67. The Morgan fingerprint density at radius 2 is 0.674 bits per heavy atom. The van der Waals surface area contributed by atoms with Crippen LogP contribution in [0.1, 0.15) is 85.9 Å². The molecule has 0 N–H and O–H groups in total. The Labute approximate surface area is 280 Å². The Morgan fingerprint density at radius 3 is 1.02 bits per heavy atom. The van der Waals surface area contributed by atoms with Crippen LogP contribution in [0.15, 0.2) is 115 Å². The van der Waals surface area contributed by atoms with Crippen LogP contribution < -0.4 is 0 Å². The highest BCUT2D eigenvalue weighted by molar-refractivity contribution is 6.08. The Morgan fingerprint density at radius 1 is 0.391 bits per heavy atom. The van der Waals surface area contributed by atoms with Gasteiger partial charge in [-0.1, -0.05) is 171 Å². The maximum absolute atomic E-state index is 2.43. The van der Waals surface area contributed by atoms with Gasteiger partial charge in [0.1, 0.15) is 0 Å². The van der Waals surface area contributed by atoms with Crippen molar-refractivity contribution in [2.24, 2.45) is 7.05 Å². The number of nitrogens with zero attached hydrogens (tertiary/aromatic N) is 2. The summed E-state index contributed by atoms with van der Waals surface area (Å²) in [6.45, 7) is 25.3. The first-order chi connectivity index (χ1) is 22.6. The minimum absolute atomic E-state index is 0.913. The lowest BCUT2D eigenvalue weighted by atomic mass is 10.1. The molecule has 0 bridgehead atoms. The molecule has 0 spiro atoms. The van der Waals surface area contributed by atoms with E-state index < -0.39 is 0 Å². The molecule has 2 nitrogen and oxygen atoms in total. The van der Waals surface area contributed by atoms with Gasteiger partial charge in [0.05, 0.1) is 0 Å². The molecule has 5 aromatic carbocycles. The third-order valence-electron chi connectivity index (χ3n) is 7.12. The smallest absolute Gasteiger partial charge is 0.0494 e. The minimum atomic E-state index is 0.913. The van der Waals surface area contributed by atoms with E-state index in [4.69, 9.17) is 0 Å². The van der Waals surface area contributed by atoms with Gasteiger partial charge in [-0.25, -0.2) is 0 Å². The van der Waals surface area contributed by atoms with E-state index in [-0.39, 0.29) is 0 Å². The van der Waals surface area contributed by atoms with Crippen molar-refractivity contribution in [1.29, 1.82) is 0 Å². The molecule has 0 atom stereocenters. The van der Waals surface area contributed by atoms with Crippen molar-refractivity contribution < 1.29 is 0 Å². The number of rotatable bonds is 2. The van der Waals surface area contributed by atoms with Crippen LogP contribution in [-0.4, -0.2) is 9.13 Å². The van der Waals surface area contributed by atoms with Gasteiger partial charge in [-0.05, 0) is 43.7 Å². The third kappa shape index (κ3) is 9.36. The molecule has 2 heteroatoms. The van der Waals surface area contributed by atoms with Crippen LogP contribution in [-0.2, 0) is 13.6 Å². The first-order valence-electron chi connectivity index (χ1n) is 17.6. The van der Waals surface area contributed by atoms with E-state index in [2.05, 4.69) is 145 Å². The van der Waals surface area contributed by atoms with Gasteiger partial charge in [-0.2, -0.15) is 0 Å². The average Bonchev–Trinajstić information content (AvgIpc) is 3.61. The molecule has 2 aromatic heterocycles. The van der Waals surface area contributed by atoms with Gasteiger partial charge in [-0.3, -0.25) is 0 Å². The second-order valence-corrected chi connectivity index (χ2v) is 9.71. The maximum Gasteiger partial charge on any atom is 0.0494 e. The van der Waals surface area contributed by atoms with Gasteiger partial charge in [0, 0.05) is 57.2 Å². The Kier molecular flexibility index (Phi) is 18.5. The fourth-order valence-corrected chi connectivity index (χ4v) is 5.63. The summed E-state index contributed by atoms with van der Waals surface area (Å²) >= 11 is 0. The van der Waals surface area contributed by atoms with Crippen molar-refractivity contribution in [2.45, 2.75) is 89.6 Å². The molecule has 0 aliphatic carbocycles. The van der Waals surface area contributed by atoms with Crippen molar-refractivity contribution in [2.75, 3.05) is 0 Å². The molecule has 2 heterocycles.